The number of aryl methyl sites for hydroxylation is 1. The maximum absolute atomic E-state index is 12.4. The average Bonchev–Trinajstić information content (AvgIpc) is 2.48. The number of carbonyl (C=O) groups is 1. The van der Waals surface area contributed by atoms with E-state index in [9.17, 15) is 4.79 Å². The van der Waals surface area contributed by atoms with Gasteiger partial charge in [-0.15, -0.1) is 0 Å². The minimum atomic E-state index is -0.617. The van der Waals surface area contributed by atoms with Crippen LogP contribution in [0.1, 0.15) is 18.9 Å². The lowest BCUT2D eigenvalue weighted by molar-refractivity contribution is -0.122. The van der Waals surface area contributed by atoms with Crippen LogP contribution in [0.4, 0.5) is 5.69 Å². The van der Waals surface area contributed by atoms with Crippen molar-refractivity contribution in [3.8, 4) is 5.75 Å². The molecular formula is C17H17Cl2NO2. The van der Waals surface area contributed by atoms with Crippen LogP contribution in [-0.2, 0) is 4.79 Å². The number of ether oxygens (including phenoxy) is 1. The second-order valence-electron chi connectivity index (χ2n) is 4.92. The Morgan fingerprint density at radius 3 is 2.41 bits per heavy atom. The van der Waals surface area contributed by atoms with E-state index in [0.29, 0.717) is 27.9 Å². The normalized spacial score (nSPS) is 11.8. The Labute approximate surface area is 140 Å². The number of halogens is 2. The lowest BCUT2D eigenvalue weighted by Gasteiger charge is -2.18. The number of amides is 1. The minimum absolute atomic E-state index is 0.279. The van der Waals surface area contributed by atoms with Crippen molar-refractivity contribution in [2.24, 2.45) is 0 Å². The monoisotopic (exact) mass is 337 g/mol. The van der Waals surface area contributed by atoms with E-state index >= 15 is 0 Å². The highest BCUT2D eigenvalue weighted by molar-refractivity contribution is 6.39. The molecule has 0 saturated heterocycles. The van der Waals surface area contributed by atoms with Crippen LogP contribution in [0.25, 0.3) is 0 Å². The van der Waals surface area contributed by atoms with Crippen LogP contribution in [0.3, 0.4) is 0 Å². The lowest BCUT2D eigenvalue weighted by Crippen LogP contribution is -2.32. The summed E-state index contributed by atoms with van der Waals surface area (Å²) in [5.41, 5.74) is 1.48. The molecule has 22 heavy (non-hydrogen) atoms. The number of benzene rings is 2. The molecule has 0 aliphatic carbocycles. The molecule has 0 heterocycles. The molecule has 0 spiro atoms. The molecule has 0 fully saturated rings. The van der Waals surface area contributed by atoms with Crippen LogP contribution in [0.5, 0.6) is 5.75 Å². The third-order valence-electron chi connectivity index (χ3n) is 3.14. The second-order valence-corrected chi connectivity index (χ2v) is 5.73. The van der Waals surface area contributed by atoms with Crippen LogP contribution in [0, 0.1) is 6.92 Å². The number of para-hydroxylation sites is 1. The van der Waals surface area contributed by atoms with Gasteiger partial charge in [-0.1, -0.05) is 48.3 Å². The molecule has 3 nitrogen and oxygen atoms in total. The third kappa shape index (κ3) is 4.15. The Bertz CT molecular complexity index is 653. The summed E-state index contributed by atoms with van der Waals surface area (Å²) < 4.78 is 5.76. The van der Waals surface area contributed by atoms with Gasteiger partial charge in [0.2, 0.25) is 0 Å². The zero-order valence-electron chi connectivity index (χ0n) is 12.4. The van der Waals surface area contributed by atoms with Crippen molar-refractivity contribution in [1.82, 2.24) is 0 Å². The summed E-state index contributed by atoms with van der Waals surface area (Å²) in [6.45, 7) is 3.85. The Balaban J connectivity index is 2.12. The van der Waals surface area contributed by atoms with E-state index in [1.54, 1.807) is 18.2 Å². The molecule has 5 heteroatoms. The maximum Gasteiger partial charge on any atom is 0.265 e. The molecule has 116 valence electrons. The summed E-state index contributed by atoms with van der Waals surface area (Å²) in [7, 11) is 0. The van der Waals surface area contributed by atoms with Gasteiger partial charge in [-0.3, -0.25) is 4.79 Å². The van der Waals surface area contributed by atoms with Crippen LogP contribution in [0.15, 0.2) is 42.5 Å². The van der Waals surface area contributed by atoms with Gasteiger partial charge >= 0.3 is 0 Å². The molecule has 0 aromatic heterocycles. The Morgan fingerprint density at radius 1 is 1.18 bits per heavy atom. The van der Waals surface area contributed by atoms with Crippen LogP contribution < -0.4 is 10.1 Å². The molecule has 2 rings (SSSR count). The summed E-state index contributed by atoms with van der Waals surface area (Å²) in [5, 5.41) is 3.53. The first-order valence-electron chi connectivity index (χ1n) is 6.99. The molecule has 0 saturated carbocycles. The fraction of sp³-hybridized carbons (Fsp3) is 0.235. The summed E-state index contributed by atoms with van der Waals surface area (Å²) in [4.78, 5) is 12.4. The number of hydrogen-bond acceptors (Lipinski definition) is 2. The molecule has 2 aromatic carbocycles. The third-order valence-corrected chi connectivity index (χ3v) is 3.77. The van der Waals surface area contributed by atoms with Gasteiger partial charge in [-0.2, -0.15) is 0 Å². The highest BCUT2D eigenvalue weighted by Gasteiger charge is 2.20. The maximum atomic E-state index is 12.4. The van der Waals surface area contributed by atoms with Crippen molar-refractivity contribution < 1.29 is 9.53 Å². The Morgan fingerprint density at radius 2 is 1.82 bits per heavy atom. The predicted octanol–water partition coefficient (Wildman–Crippen LogP) is 5.10. The summed E-state index contributed by atoms with van der Waals surface area (Å²) in [6.07, 6.45) is -0.0869. The van der Waals surface area contributed by atoms with E-state index in [1.165, 1.54) is 0 Å². The van der Waals surface area contributed by atoms with E-state index < -0.39 is 6.10 Å². The van der Waals surface area contributed by atoms with Crippen molar-refractivity contribution in [3.05, 3.63) is 58.1 Å². The van der Waals surface area contributed by atoms with Crippen molar-refractivity contribution in [1.29, 1.82) is 0 Å². The Hall–Kier alpha value is -1.71. The fourth-order valence-electron chi connectivity index (χ4n) is 2.00. The largest absolute Gasteiger partial charge is 0.481 e. The number of nitrogens with one attached hydrogen (secondary N) is 1. The van der Waals surface area contributed by atoms with E-state index in [2.05, 4.69) is 5.32 Å². The quantitative estimate of drug-likeness (QED) is 0.824. The summed E-state index contributed by atoms with van der Waals surface area (Å²) in [5.74, 6) is 0.381. The summed E-state index contributed by atoms with van der Waals surface area (Å²) in [6, 6.07) is 12.6. The first-order chi connectivity index (χ1) is 10.5. The van der Waals surface area contributed by atoms with E-state index in [4.69, 9.17) is 27.9 Å². The van der Waals surface area contributed by atoms with Gasteiger partial charge in [0.1, 0.15) is 5.75 Å². The van der Waals surface area contributed by atoms with Crippen LogP contribution in [0.2, 0.25) is 10.0 Å². The van der Waals surface area contributed by atoms with Gasteiger partial charge in [0.25, 0.3) is 5.91 Å². The molecule has 1 atom stereocenters. The van der Waals surface area contributed by atoms with Crippen molar-refractivity contribution in [3.63, 3.8) is 0 Å². The van der Waals surface area contributed by atoms with E-state index in [-0.39, 0.29) is 5.91 Å². The van der Waals surface area contributed by atoms with Crippen molar-refractivity contribution >= 4 is 34.8 Å². The number of carbonyl (C=O) groups excluding carboxylic acids is 1. The molecule has 2 aromatic rings. The van der Waals surface area contributed by atoms with Crippen LogP contribution in [-0.4, -0.2) is 12.0 Å². The predicted molar refractivity (Wildman–Crippen MR) is 91.0 cm³/mol. The van der Waals surface area contributed by atoms with Gasteiger partial charge in [-0.05, 0) is 43.2 Å². The van der Waals surface area contributed by atoms with Crippen molar-refractivity contribution in [2.75, 3.05) is 5.32 Å². The zero-order chi connectivity index (χ0) is 16.1. The second kappa shape index (κ2) is 7.52. The molecule has 0 aliphatic rings. The SMILES string of the molecule is CCC(Oc1cccc(C)c1)C(=O)Nc1c(Cl)cccc1Cl. The van der Waals surface area contributed by atoms with E-state index in [1.807, 2.05) is 38.1 Å². The molecular weight excluding hydrogens is 321 g/mol. The average molecular weight is 338 g/mol. The van der Waals surface area contributed by atoms with Crippen LogP contribution >= 0.6 is 23.2 Å². The smallest absolute Gasteiger partial charge is 0.265 e. The molecule has 1 N–H and O–H groups in total. The molecule has 1 unspecified atom stereocenters. The zero-order valence-corrected chi connectivity index (χ0v) is 13.9. The molecule has 0 aliphatic heterocycles. The van der Waals surface area contributed by atoms with Gasteiger partial charge in [0.15, 0.2) is 6.10 Å². The van der Waals surface area contributed by atoms with Gasteiger partial charge in [0.05, 0.1) is 15.7 Å². The number of rotatable bonds is 5. The Kier molecular flexibility index (Phi) is 5.69. The van der Waals surface area contributed by atoms with Gasteiger partial charge < -0.3 is 10.1 Å². The van der Waals surface area contributed by atoms with Gasteiger partial charge in [0, 0.05) is 0 Å². The topological polar surface area (TPSA) is 38.3 Å². The highest BCUT2D eigenvalue weighted by atomic mass is 35.5. The molecule has 0 bridgehead atoms. The van der Waals surface area contributed by atoms with E-state index in [0.717, 1.165) is 5.56 Å². The molecule has 1 amide bonds. The number of hydrogen-bond donors (Lipinski definition) is 1. The first kappa shape index (κ1) is 16.7. The summed E-state index contributed by atoms with van der Waals surface area (Å²) >= 11 is 12.1. The first-order valence-corrected chi connectivity index (χ1v) is 7.75. The minimum Gasteiger partial charge on any atom is -0.481 e. The lowest BCUT2D eigenvalue weighted by atomic mass is 10.2. The van der Waals surface area contributed by atoms with Gasteiger partial charge in [-0.25, -0.2) is 0 Å². The standard InChI is InChI=1S/C17H17Cl2NO2/c1-3-15(22-12-7-4-6-11(2)10-12)17(21)20-16-13(18)8-5-9-14(16)19/h4-10,15H,3H2,1-2H3,(H,20,21). The number of anilines is 1. The highest BCUT2D eigenvalue weighted by Crippen LogP contribution is 2.30. The van der Waals surface area contributed by atoms with Crippen molar-refractivity contribution in [2.45, 2.75) is 26.4 Å². The fourth-order valence-corrected chi connectivity index (χ4v) is 2.49. The molecule has 0 radical (unpaired) electrons.